The Labute approximate surface area is 163 Å². The maximum atomic E-state index is 12.2. The molecule has 27 heavy (non-hydrogen) atoms. The molecule has 1 heterocycles. The van der Waals surface area contributed by atoms with Crippen molar-refractivity contribution in [3.8, 4) is 0 Å². The molecule has 6 heteroatoms. The number of para-hydroxylation sites is 1. The van der Waals surface area contributed by atoms with Gasteiger partial charge >= 0.3 is 0 Å². The normalized spacial score (nSPS) is 15.8. The second-order valence-electron chi connectivity index (χ2n) is 7.16. The van der Waals surface area contributed by atoms with Gasteiger partial charge < -0.3 is 4.90 Å². The van der Waals surface area contributed by atoms with Crippen molar-refractivity contribution in [1.82, 2.24) is 9.62 Å². The Hall–Kier alpha value is -1.89. The van der Waals surface area contributed by atoms with E-state index in [1.807, 2.05) is 37.3 Å². The van der Waals surface area contributed by atoms with Gasteiger partial charge in [0.2, 0.25) is 10.0 Å². The Kier molecular flexibility index (Phi) is 6.88. The molecule has 5 nitrogen and oxygen atoms in total. The summed E-state index contributed by atoms with van der Waals surface area (Å²) in [5.41, 5.74) is 3.19. The minimum atomic E-state index is -3.28. The Bertz CT molecular complexity index is 816. The first-order chi connectivity index (χ1) is 13.0. The first-order valence-corrected chi connectivity index (χ1v) is 11.2. The zero-order chi connectivity index (χ0) is 19.1. The Morgan fingerprint density at radius 1 is 0.963 bits per heavy atom. The fraction of sp³-hybridized carbons (Fsp3) is 0.429. The van der Waals surface area contributed by atoms with Crippen LogP contribution in [-0.2, 0) is 15.8 Å². The summed E-state index contributed by atoms with van der Waals surface area (Å²) in [5, 5.41) is 0. The molecule has 0 atom stereocenters. The zero-order valence-electron chi connectivity index (χ0n) is 16.0. The molecule has 1 fully saturated rings. The highest BCUT2D eigenvalue weighted by atomic mass is 32.2. The molecule has 0 unspecified atom stereocenters. The number of aryl methyl sites for hydroxylation is 1. The molecular formula is C21H29N3O2S. The summed E-state index contributed by atoms with van der Waals surface area (Å²) >= 11 is 0. The SMILES string of the molecule is Cc1cccc(CS(=O)(=O)NCCCN2CCN(c3ccccc3)CC2)c1. The number of sulfonamides is 1. The van der Waals surface area contributed by atoms with Gasteiger partial charge in [0.05, 0.1) is 5.75 Å². The van der Waals surface area contributed by atoms with Crippen LogP contribution >= 0.6 is 0 Å². The van der Waals surface area contributed by atoms with Crippen LogP contribution in [0.2, 0.25) is 0 Å². The quantitative estimate of drug-likeness (QED) is 0.708. The number of rotatable bonds is 8. The van der Waals surface area contributed by atoms with Crippen molar-refractivity contribution < 1.29 is 8.42 Å². The van der Waals surface area contributed by atoms with Gasteiger partial charge in [0, 0.05) is 38.4 Å². The number of benzene rings is 2. The molecule has 0 amide bonds. The van der Waals surface area contributed by atoms with E-state index in [1.54, 1.807) is 0 Å². The minimum absolute atomic E-state index is 0.0461. The minimum Gasteiger partial charge on any atom is -0.369 e. The highest BCUT2D eigenvalue weighted by Gasteiger charge is 2.17. The van der Waals surface area contributed by atoms with E-state index in [-0.39, 0.29) is 5.75 Å². The van der Waals surface area contributed by atoms with Crippen LogP contribution in [0.15, 0.2) is 54.6 Å². The van der Waals surface area contributed by atoms with Crippen molar-refractivity contribution >= 4 is 15.7 Å². The molecule has 0 aliphatic carbocycles. The molecule has 0 bridgehead atoms. The van der Waals surface area contributed by atoms with Crippen molar-refractivity contribution in [3.63, 3.8) is 0 Å². The van der Waals surface area contributed by atoms with Gasteiger partial charge in [-0.3, -0.25) is 4.90 Å². The first kappa shape index (κ1) is 19.9. The topological polar surface area (TPSA) is 52.7 Å². The Balaban J connectivity index is 1.35. The van der Waals surface area contributed by atoms with Crippen LogP contribution in [0.3, 0.4) is 0 Å². The predicted octanol–water partition coefficient (Wildman–Crippen LogP) is 2.63. The average molecular weight is 388 g/mol. The molecule has 0 aromatic heterocycles. The largest absolute Gasteiger partial charge is 0.369 e. The number of hydrogen-bond acceptors (Lipinski definition) is 4. The van der Waals surface area contributed by atoms with E-state index in [4.69, 9.17) is 0 Å². The van der Waals surface area contributed by atoms with Gasteiger partial charge in [0.15, 0.2) is 0 Å². The maximum absolute atomic E-state index is 12.2. The summed E-state index contributed by atoms with van der Waals surface area (Å²) in [7, 11) is -3.28. The van der Waals surface area contributed by atoms with E-state index in [0.717, 1.165) is 50.3 Å². The highest BCUT2D eigenvalue weighted by Crippen LogP contribution is 2.15. The van der Waals surface area contributed by atoms with Crippen molar-refractivity contribution in [3.05, 3.63) is 65.7 Å². The van der Waals surface area contributed by atoms with Crippen molar-refractivity contribution in [2.75, 3.05) is 44.2 Å². The second kappa shape index (κ2) is 9.35. The lowest BCUT2D eigenvalue weighted by Crippen LogP contribution is -2.47. The lowest BCUT2D eigenvalue weighted by molar-refractivity contribution is 0.255. The molecule has 3 rings (SSSR count). The molecule has 1 aliphatic heterocycles. The molecule has 146 valence electrons. The first-order valence-electron chi connectivity index (χ1n) is 9.57. The van der Waals surface area contributed by atoms with Crippen molar-refractivity contribution in [1.29, 1.82) is 0 Å². The Morgan fingerprint density at radius 3 is 2.41 bits per heavy atom. The van der Waals surface area contributed by atoms with Crippen LogP contribution in [0.25, 0.3) is 0 Å². The molecule has 1 saturated heterocycles. The number of anilines is 1. The monoisotopic (exact) mass is 387 g/mol. The number of nitrogens with one attached hydrogen (secondary N) is 1. The van der Waals surface area contributed by atoms with E-state index in [9.17, 15) is 8.42 Å². The van der Waals surface area contributed by atoms with E-state index in [2.05, 4.69) is 38.8 Å². The third-order valence-corrected chi connectivity index (χ3v) is 6.26. The number of hydrogen-bond donors (Lipinski definition) is 1. The van der Waals surface area contributed by atoms with Crippen LogP contribution in [0.4, 0.5) is 5.69 Å². The van der Waals surface area contributed by atoms with Gasteiger partial charge in [-0.05, 0) is 37.6 Å². The number of nitrogens with zero attached hydrogens (tertiary/aromatic N) is 2. The molecule has 0 spiro atoms. The van der Waals surface area contributed by atoms with E-state index in [1.165, 1.54) is 5.69 Å². The zero-order valence-corrected chi connectivity index (χ0v) is 16.8. The van der Waals surface area contributed by atoms with Crippen LogP contribution in [0.5, 0.6) is 0 Å². The summed E-state index contributed by atoms with van der Waals surface area (Å²) < 4.78 is 27.2. The van der Waals surface area contributed by atoms with Crippen LogP contribution < -0.4 is 9.62 Å². The summed E-state index contributed by atoms with van der Waals surface area (Å²) in [6, 6.07) is 18.1. The van der Waals surface area contributed by atoms with Crippen LogP contribution in [0, 0.1) is 6.92 Å². The van der Waals surface area contributed by atoms with E-state index in [0.29, 0.717) is 6.54 Å². The van der Waals surface area contributed by atoms with E-state index >= 15 is 0 Å². The average Bonchev–Trinajstić information content (AvgIpc) is 2.66. The lowest BCUT2D eigenvalue weighted by Gasteiger charge is -2.36. The van der Waals surface area contributed by atoms with Crippen molar-refractivity contribution in [2.45, 2.75) is 19.1 Å². The van der Waals surface area contributed by atoms with Crippen LogP contribution in [-0.4, -0.2) is 52.6 Å². The summed E-state index contributed by atoms with van der Waals surface area (Å²) in [5.74, 6) is 0.0461. The second-order valence-corrected chi connectivity index (χ2v) is 8.97. The van der Waals surface area contributed by atoms with Gasteiger partial charge in [-0.15, -0.1) is 0 Å². The molecular weight excluding hydrogens is 358 g/mol. The van der Waals surface area contributed by atoms with Gasteiger partial charge in [0.25, 0.3) is 0 Å². The molecule has 1 N–H and O–H groups in total. The maximum Gasteiger partial charge on any atom is 0.215 e. The smallest absolute Gasteiger partial charge is 0.215 e. The molecule has 0 radical (unpaired) electrons. The predicted molar refractivity (Wildman–Crippen MR) is 112 cm³/mol. The standard InChI is InChI=1S/C21H29N3O2S/c1-19-7-5-8-20(17-19)18-27(25,26)22-11-6-12-23-13-15-24(16-14-23)21-9-3-2-4-10-21/h2-5,7-10,17,22H,6,11-16,18H2,1H3. The Morgan fingerprint density at radius 2 is 1.70 bits per heavy atom. The van der Waals surface area contributed by atoms with Crippen LogP contribution in [0.1, 0.15) is 17.5 Å². The highest BCUT2D eigenvalue weighted by molar-refractivity contribution is 7.88. The molecule has 2 aromatic carbocycles. The fourth-order valence-corrected chi connectivity index (χ4v) is 4.65. The summed E-state index contributed by atoms with van der Waals surface area (Å²) in [6.45, 7) is 7.46. The molecule has 2 aromatic rings. The van der Waals surface area contributed by atoms with Crippen molar-refractivity contribution in [2.24, 2.45) is 0 Å². The van der Waals surface area contributed by atoms with Gasteiger partial charge in [-0.25, -0.2) is 13.1 Å². The number of piperazine rings is 1. The summed E-state index contributed by atoms with van der Waals surface area (Å²) in [6.07, 6.45) is 0.832. The van der Waals surface area contributed by atoms with Gasteiger partial charge in [0.1, 0.15) is 0 Å². The van der Waals surface area contributed by atoms with Gasteiger partial charge in [-0.1, -0.05) is 48.0 Å². The summed E-state index contributed by atoms with van der Waals surface area (Å²) in [4.78, 5) is 4.81. The van der Waals surface area contributed by atoms with E-state index < -0.39 is 10.0 Å². The fourth-order valence-electron chi connectivity index (χ4n) is 3.47. The third kappa shape index (κ3) is 6.34. The lowest BCUT2D eigenvalue weighted by atomic mass is 10.2. The van der Waals surface area contributed by atoms with Gasteiger partial charge in [-0.2, -0.15) is 0 Å². The molecule has 1 aliphatic rings. The third-order valence-electron chi connectivity index (χ3n) is 4.91. The molecule has 0 saturated carbocycles.